The topological polar surface area (TPSA) is 110 Å². The lowest BCUT2D eigenvalue weighted by Gasteiger charge is -2.05. The van der Waals surface area contributed by atoms with Crippen LogP contribution in [-0.4, -0.2) is 53.5 Å². The standard InChI is InChI=1S/C2H8O4Si.2C2H6O/c1-2-6-7(3,4)5;2*1-2-3/h3-5H,2H2,1H3;2*3H,2H2,1H3. The van der Waals surface area contributed by atoms with E-state index in [1.807, 2.05) is 0 Å². The highest BCUT2D eigenvalue weighted by Gasteiger charge is 2.28. The third-order valence-electron chi connectivity index (χ3n) is 0.338. The maximum atomic E-state index is 8.05. The molecule has 84 valence electrons. The van der Waals surface area contributed by atoms with Gasteiger partial charge >= 0.3 is 9.05 Å². The quantitative estimate of drug-likeness (QED) is 0.357. The molecule has 6 nitrogen and oxygen atoms in total. The third-order valence-corrected chi connectivity index (χ3v) is 1.01. The van der Waals surface area contributed by atoms with Crippen molar-refractivity contribution in [1.82, 2.24) is 0 Å². The first kappa shape index (κ1) is 18.7. The van der Waals surface area contributed by atoms with Gasteiger partial charge in [0.05, 0.1) is 0 Å². The number of aliphatic hydroxyl groups excluding tert-OH is 2. The molecule has 0 spiro atoms. The van der Waals surface area contributed by atoms with Crippen LogP contribution in [0.15, 0.2) is 0 Å². The van der Waals surface area contributed by atoms with E-state index in [2.05, 4.69) is 4.43 Å². The zero-order chi connectivity index (χ0) is 11.3. The molecule has 0 aliphatic carbocycles. The first-order chi connectivity index (χ1) is 5.89. The molecule has 0 unspecified atom stereocenters. The van der Waals surface area contributed by atoms with Gasteiger partial charge in [0.1, 0.15) is 0 Å². The van der Waals surface area contributed by atoms with Crippen LogP contribution in [0.25, 0.3) is 0 Å². The van der Waals surface area contributed by atoms with Gasteiger partial charge in [-0.15, -0.1) is 0 Å². The van der Waals surface area contributed by atoms with Crippen molar-refractivity contribution in [1.29, 1.82) is 0 Å². The lowest BCUT2D eigenvalue weighted by molar-refractivity contribution is 0.0687. The Bertz CT molecular complexity index is 72.0. The van der Waals surface area contributed by atoms with Crippen molar-refractivity contribution in [2.45, 2.75) is 20.8 Å². The second-order valence-electron chi connectivity index (χ2n) is 1.64. The molecule has 0 saturated heterocycles. The minimum atomic E-state index is -4.16. The van der Waals surface area contributed by atoms with Crippen LogP contribution < -0.4 is 0 Å². The molecule has 0 fully saturated rings. The van der Waals surface area contributed by atoms with Gasteiger partial charge in [0, 0.05) is 19.8 Å². The van der Waals surface area contributed by atoms with Crippen LogP contribution in [0.1, 0.15) is 20.8 Å². The number of hydrogen-bond donors (Lipinski definition) is 5. The van der Waals surface area contributed by atoms with E-state index >= 15 is 0 Å². The van der Waals surface area contributed by atoms with Crippen molar-refractivity contribution in [3.63, 3.8) is 0 Å². The van der Waals surface area contributed by atoms with Crippen LogP contribution in [-0.2, 0) is 4.43 Å². The normalized spacial score (nSPS) is 9.23. The fourth-order valence-corrected chi connectivity index (χ4v) is 0.581. The van der Waals surface area contributed by atoms with Crippen molar-refractivity contribution in [3.8, 4) is 0 Å². The molecule has 0 rings (SSSR count). The summed E-state index contributed by atoms with van der Waals surface area (Å²) in [6.07, 6.45) is 0. The fourth-order valence-electron chi connectivity index (χ4n) is 0.194. The van der Waals surface area contributed by atoms with Crippen LogP contribution in [0, 0.1) is 0 Å². The first-order valence-corrected chi connectivity index (χ1v) is 5.67. The van der Waals surface area contributed by atoms with Crippen LogP contribution in [0.4, 0.5) is 0 Å². The van der Waals surface area contributed by atoms with E-state index in [0.29, 0.717) is 0 Å². The SMILES string of the molecule is CCO.CCO.CCO[Si](O)(O)O. The first-order valence-electron chi connectivity index (χ1n) is 3.92. The van der Waals surface area contributed by atoms with Crippen LogP contribution in [0.3, 0.4) is 0 Å². The smallest absolute Gasteiger partial charge is 0.397 e. The summed E-state index contributed by atoms with van der Waals surface area (Å²) in [6.45, 7) is 5.54. The van der Waals surface area contributed by atoms with Gasteiger partial charge in [0.25, 0.3) is 0 Å². The Hall–Kier alpha value is -0.0231. The largest absolute Gasteiger partial charge is 0.671 e. The van der Waals surface area contributed by atoms with Crippen molar-refractivity contribution in [3.05, 3.63) is 0 Å². The number of rotatable bonds is 2. The van der Waals surface area contributed by atoms with E-state index in [1.54, 1.807) is 20.8 Å². The summed E-state index contributed by atoms with van der Waals surface area (Å²) in [7, 11) is -4.16. The molecule has 0 aliphatic heterocycles. The zero-order valence-corrected chi connectivity index (χ0v) is 9.27. The Morgan fingerprint density at radius 3 is 1.15 bits per heavy atom. The maximum Gasteiger partial charge on any atom is 0.671 e. The molecule has 0 aromatic rings. The van der Waals surface area contributed by atoms with Gasteiger partial charge in [-0.3, -0.25) is 0 Å². The fraction of sp³-hybridized carbons (Fsp3) is 1.00. The summed E-state index contributed by atoms with van der Waals surface area (Å²) >= 11 is 0. The van der Waals surface area contributed by atoms with Crippen LogP contribution in [0.5, 0.6) is 0 Å². The molecule has 0 amide bonds. The van der Waals surface area contributed by atoms with Gasteiger partial charge in [0.15, 0.2) is 0 Å². The van der Waals surface area contributed by atoms with Crippen molar-refractivity contribution in [2.24, 2.45) is 0 Å². The van der Waals surface area contributed by atoms with E-state index < -0.39 is 9.05 Å². The molecular formula is C6H20O6Si. The Balaban J connectivity index is -0.000000140. The predicted molar refractivity (Wildman–Crippen MR) is 49.6 cm³/mol. The lowest BCUT2D eigenvalue weighted by atomic mass is 10.9. The molecule has 0 bridgehead atoms. The second kappa shape index (κ2) is 14.5. The Morgan fingerprint density at radius 2 is 1.15 bits per heavy atom. The third kappa shape index (κ3) is 75.4. The van der Waals surface area contributed by atoms with Crippen molar-refractivity contribution in [2.75, 3.05) is 19.8 Å². The van der Waals surface area contributed by atoms with Gasteiger partial charge in [-0.1, -0.05) is 0 Å². The monoisotopic (exact) mass is 216 g/mol. The van der Waals surface area contributed by atoms with Crippen LogP contribution >= 0.6 is 0 Å². The molecule has 13 heavy (non-hydrogen) atoms. The second-order valence-corrected chi connectivity index (χ2v) is 3.08. The van der Waals surface area contributed by atoms with Gasteiger partial charge < -0.3 is 29.0 Å². The van der Waals surface area contributed by atoms with Gasteiger partial charge in [0.2, 0.25) is 0 Å². The summed E-state index contributed by atoms with van der Waals surface area (Å²) < 4.78 is 4.03. The molecule has 0 aliphatic rings. The molecular weight excluding hydrogens is 196 g/mol. The Morgan fingerprint density at radius 1 is 0.923 bits per heavy atom. The number of hydrogen-bond acceptors (Lipinski definition) is 6. The average molecular weight is 216 g/mol. The highest BCUT2D eigenvalue weighted by atomic mass is 28.4. The predicted octanol–water partition coefficient (Wildman–Crippen LogP) is -1.57. The minimum absolute atomic E-state index is 0.121. The molecule has 0 heterocycles. The zero-order valence-electron chi connectivity index (χ0n) is 8.27. The highest BCUT2D eigenvalue weighted by Crippen LogP contribution is 1.85. The summed E-state index contributed by atoms with van der Waals surface area (Å²) in [5, 5.41) is 15.1. The molecule has 7 heteroatoms. The summed E-state index contributed by atoms with van der Waals surface area (Å²) in [5.74, 6) is 0. The molecule has 0 atom stereocenters. The highest BCUT2D eigenvalue weighted by molar-refractivity contribution is 6.48. The molecule has 5 N–H and O–H groups in total. The average Bonchev–Trinajstić information content (AvgIpc) is 1.87. The maximum absolute atomic E-state index is 8.05. The Kier molecular flexibility index (Phi) is 20.9. The Labute approximate surface area is 79.5 Å². The molecule has 0 saturated carbocycles. The lowest BCUT2D eigenvalue weighted by Crippen LogP contribution is -2.38. The van der Waals surface area contributed by atoms with Gasteiger partial charge in [-0.2, -0.15) is 0 Å². The van der Waals surface area contributed by atoms with E-state index in [4.69, 9.17) is 24.6 Å². The summed E-state index contributed by atoms with van der Waals surface area (Å²) in [5.41, 5.74) is 0. The van der Waals surface area contributed by atoms with E-state index in [1.165, 1.54) is 0 Å². The molecule has 0 aromatic carbocycles. The molecule has 0 radical (unpaired) electrons. The van der Waals surface area contributed by atoms with Crippen LogP contribution in [0.2, 0.25) is 0 Å². The van der Waals surface area contributed by atoms with Crippen molar-refractivity contribution < 1.29 is 29.0 Å². The number of aliphatic hydroxyl groups is 2. The van der Waals surface area contributed by atoms with Gasteiger partial charge in [-0.05, 0) is 20.8 Å². The molecule has 0 aromatic heterocycles. The van der Waals surface area contributed by atoms with Crippen molar-refractivity contribution >= 4 is 9.05 Å². The van der Waals surface area contributed by atoms with E-state index in [-0.39, 0.29) is 19.8 Å². The van der Waals surface area contributed by atoms with E-state index in [9.17, 15) is 0 Å². The van der Waals surface area contributed by atoms with Gasteiger partial charge in [-0.25, -0.2) is 0 Å². The summed E-state index contributed by atoms with van der Waals surface area (Å²) in [6, 6.07) is 0. The summed E-state index contributed by atoms with van der Waals surface area (Å²) in [4.78, 5) is 24.1. The minimum Gasteiger partial charge on any atom is -0.397 e. The van der Waals surface area contributed by atoms with E-state index in [0.717, 1.165) is 0 Å².